The van der Waals surface area contributed by atoms with E-state index in [4.69, 9.17) is 36.3 Å². The largest absolute Gasteiger partial charge is 0.395 e. The van der Waals surface area contributed by atoms with Gasteiger partial charge in [-0.1, -0.05) is 0 Å². The summed E-state index contributed by atoms with van der Waals surface area (Å²) < 4.78 is 10.5. The highest BCUT2D eigenvalue weighted by Gasteiger charge is 2.45. The smallest absolute Gasteiger partial charge is 0.176 e. The van der Waals surface area contributed by atoms with Crippen LogP contribution in [0.2, 0.25) is 0 Å². The lowest BCUT2D eigenvalue weighted by molar-refractivity contribution is -0.296. The summed E-state index contributed by atoms with van der Waals surface area (Å²) in [7, 11) is 0. The van der Waals surface area contributed by atoms with Crippen LogP contribution in [0.1, 0.15) is 0 Å². The minimum atomic E-state index is -1.57. The SMILES string of the molecule is NC1[C@H](O[C@H](C(O)CO)[C@@H](O)C(N)CO)OC(CO)[C@@H](O)[C@H]1O. The van der Waals surface area contributed by atoms with Gasteiger partial charge in [0.2, 0.25) is 0 Å². The molecule has 0 aromatic rings. The van der Waals surface area contributed by atoms with E-state index in [1.165, 1.54) is 0 Å². The maximum atomic E-state index is 10.00. The standard InChI is InChI=1S/C12H26N2O9/c13-4(1-15)8(19)11(5(18)2-16)23-12-7(14)10(21)9(20)6(3-17)22-12/h4-12,15-21H,1-3,13-14H2/t4?,5?,6?,7?,8-,9+,10-,11+,12-/m0/s1. The third-order valence-electron chi connectivity index (χ3n) is 3.77. The Hall–Kier alpha value is -0.440. The van der Waals surface area contributed by atoms with E-state index in [0.717, 1.165) is 0 Å². The molecule has 1 saturated heterocycles. The van der Waals surface area contributed by atoms with Gasteiger partial charge in [0.15, 0.2) is 6.29 Å². The predicted molar refractivity (Wildman–Crippen MR) is 74.8 cm³/mol. The van der Waals surface area contributed by atoms with E-state index in [1.54, 1.807) is 0 Å². The van der Waals surface area contributed by atoms with Crippen molar-refractivity contribution in [3.05, 3.63) is 0 Å². The zero-order chi connectivity index (χ0) is 17.7. The molecule has 0 aromatic heterocycles. The third kappa shape index (κ3) is 4.78. The van der Waals surface area contributed by atoms with E-state index in [0.29, 0.717) is 0 Å². The molecule has 1 aliphatic rings. The summed E-state index contributed by atoms with van der Waals surface area (Å²) in [5.41, 5.74) is 11.2. The van der Waals surface area contributed by atoms with Gasteiger partial charge >= 0.3 is 0 Å². The lowest BCUT2D eigenvalue weighted by Gasteiger charge is -2.43. The van der Waals surface area contributed by atoms with Crippen LogP contribution in [0, 0.1) is 0 Å². The van der Waals surface area contributed by atoms with Crippen LogP contribution in [0.3, 0.4) is 0 Å². The highest BCUT2D eigenvalue weighted by molar-refractivity contribution is 4.93. The Labute approximate surface area is 132 Å². The lowest BCUT2D eigenvalue weighted by atomic mass is 9.97. The molecular weight excluding hydrogens is 316 g/mol. The van der Waals surface area contributed by atoms with Gasteiger partial charge in [-0.05, 0) is 0 Å². The predicted octanol–water partition coefficient (Wildman–Crippen LogP) is -5.83. The number of hydrogen-bond donors (Lipinski definition) is 9. The van der Waals surface area contributed by atoms with Gasteiger partial charge in [-0.2, -0.15) is 0 Å². The molecule has 4 unspecified atom stereocenters. The fourth-order valence-electron chi connectivity index (χ4n) is 2.24. The number of hydrogen-bond acceptors (Lipinski definition) is 11. The molecule has 9 atom stereocenters. The van der Waals surface area contributed by atoms with E-state index >= 15 is 0 Å². The van der Waals surface area contributed by atoms with Crippen molar-refractivity contribution in [3.63, 3.8) is 0 Å². The summed E-state index contributed by atoms with van der Waals surface area (Å²) in [6.07, 6.45) is -10.2. The molecule has 0 bridgehead atoms. The van der Waals surface area contributed by atoms with Gasteiger partial charge in [0.25, 0.3) is 0 Å². The van der Waals surface area contributed by atoms with Crippen LogP contribution in [0.4, 0.5) is 0 Å². The average molecular weight is 342 g/mol. The van der Waals surface area contributed by atoms with Crippen molar-refractivity contribution >= 4 is 0 Å². The van der Waals surface area contributed by atoms with Gasteiger partial charge in [-0.3, -0.25) is 0 Å². The molecule has 1 rings (SSSR count). The number of aliphatic hydroxyl groups is 7. The second-order valence-electron chi connectivity index (χ2n) is 5.47. The zero-order valence-electron chi connectivity index (χ0n) is 12.4. The van der Waals surface area contributed by atoms with Gasteiger partial charge in [0.05, 0.1) is 31.9 Å². The maximum Gasteiger partial charge on any atom is 0.176 e. The molecule has 1 heterocycles. The van der Waals surface area contributed by atoms with E-state index in [9.17, 15) is 20.4 Å². The molecule has 11 nitrogen and oxygen atoms in total. The average Bonchev–Trinajstić information content (AvgIpc) is 2.57. The molecular formula is C12H26N2O9. The first-order valence-corrected chi connectivity index (χ1v) is 7.15. The van der Waals surface area contributed by atoms with E-state index < -0.39 is 74.8 Å². The summed E-state index contributed by atoms with van der Waals surface area (Å²) in [6, 6.07) is -2.43. The quantitative estimate of drug-likeness (QED) is 0.202. The molecule has 0 spiro atoms. The first-order valence-electron chi connectivity index (χ1n) is 7.15. The second-order valence-corrected chi connectivity index (χ2v) is 5.47. The van der Waals surface area contributed by atoms with Crippen LogP contribution in [-0.4, -0.2) is 111 Å². The van der Waals surface area contributed by atoms with Crippen LogP contribution in [-0.2, 0) is 9.47 Å². The minimum Gasteiger partial charge on any atom is -0.395 e. The number of nitrogens with two attached hydrogens (primary N) is 2. The Kier molecular flexibility index (Phi) is 8.20. The van der Waals surface area contributed by atoms with Gasteiger partial charge < -0.3 is 56.7 Å². The van der Waals surface area contributed by atoms with Crippen LogP contribution in [0.5, 0.6) is 0 Å². The van der Waals surface area contributed by atoms with Crippen molar-refractivity contribution < 1.29 is 45.2 Å². The monoisotopic (exact) mass is 342 g/mol. The summed E-state index contributed by atoms with van der Waals surface area (Å²) in [5, 5.41) is 66.4. The Balaban J connectivity index is 2.89. The van der Waals surface area contributed by atoms with Crippen molar-refractivity contribution in [2.75, 3.05) is 19.8 Å². The van der Waals surface area contributed by atoms with Crippen molar-refractivity contribution in [2.24, 2.45) is 11.5 Å². The molecule has 11 heteroatoms. The lowest BCUT2D eigenvalue weighted by Crippen LogP contribution is -2.64. The molecule has 0 saturated carbocycles. The fraction of sp³-hybridized carbons (Fsp3) is 1.00. The summed E-state index contributed by atoms with van der Waals surface area (Å²) >= 11 is 0. The number of rotatable bonds is 8. The number of aliphatic hydroxyl groups excluding tert-OH is 7. The van der Waals surface area contributed by atoms with Crippen molar-refractivity contribution in [1.29, 1.82) is 0 Å². The molecule has 0 amide bonds. The highest BCUT2D eigenvalue weighted by Crippen LogP contribution is 2.23. The van der Waals surface area contributed by atoms with Gasteiger partial charge in [-0.25, -0.2) is 0 Å². The van der Waals surface area contributed by atoms with Crippen molar-refractivity contribution in [1.82, 2.24) is 0 Å². The third-order valence-corrected chi connectivity index (χ3v) is 3.77. The number of ether oxygens (including phenoxy) is 2. The second kappa shape index (κ2) is 9.15. The van der Waals surface area contributed by atoms with Gasteiger partial charge in [0.1, 0.15) is 36.6 Å². The Morgan fingerprint density at radius 3 is 2.13 bits per heavy atom. The highest BCUT2D eigenvalue weighted by atomic mass is 16.7. The molecule has 1 aliphatic heterocycles. The summed E-state index contributed by atoms with van der Waals surface area (Å²) in [4.78, 5) is 0. The van der Waals surface area contributed by atoms with Gasteiger partial charge in [-0.15, -0.1) is 0 Å². The van der Waals surface area contributed by atoms with Crippen LogP contribution in [0.15, 0.2) is 0 Å². The molecule has 0 aliphatic carbocycles. The van der Waals surface area contributed by atoms with Crippen molar-refractivity contribution in [3.8, 4) is 0 Å². The minimum absolute atomic E-state index is 0.614. The van der Waals surface area contributed by atoms with E-state index in [1.807, 2.05) is 0 Å². The maximum absolute atomic E-state index is 10.00. The Morgan fingerprint density at radius 1 is 1.04 bits per heavy atom. The fourth-order valence-corrected chi connectivity index (χ4v) is 2.24. The molecule has 0 radical (unpaired) electrons. The van der Waals surface area contributed by atoms with Crippen molar-refractivity contribution in [2.45, 2.75) is 55.0 Å². The Morgan fingerprint density at radius 2 is 1.65 bits per heavy atom. The Bertz CT molecular complexity index is 348. The first kappa shape index (κ1) is 20.6. The van der Waals surface area contributed by atoms with Crippen LogP contribution >= 0.6 is 0 Å². The normalized spacial score (nSPS) is 37.2. The zero-order valence-corrected chi connectivity index (χ0v) is 12.4. The molecule has 138 valence electrons. The summed E-state index contributed by atoms with van der Waals surface area (Å²) in [5.74, 6) is 0. The van der Waals surface area contributed by atoms with E-state index in [-0.39, 0.29) is 0 Å². The van der Waals surface area contributed by atoms with Crippen LogP contribution in [0.25, 0.3) is 0 Å². The molecule has 11 N–H and O–H groups in total. The molecule has 23 heavy (non-hydrogen) atoms. The van der Waals surface area contributed by atoms with Gasteiger partial charge in [0, 0.05) is 0 Å². The summed E-state index contributed by atoms with van der Waals surface area (Å²) in [6.45, 7) is -2.02. The van der Waals surface area contributed by atoms with Crippen LogP contribution < -0.4 is 11.5 Å². The molecule has 1 fully saturated rings. The first-order chi connectivity index (χ1) is 10.8. The van der Waals surface area contributed by atoms with E-state index in [2.05, 4.69) is 0 Å². The topological polar surface area (TPSA) is 212 Å². The molecule has 0 aromatic carbocycles.